The Morgan fingerprint density at radius 3 is 2.46 bits per heavy atom. The van der Waals surface area contributed by atoms with Crippen LogP contribution in [0.4, 0.5) is 5.13 Å². The topological polar surface area (TPSA) is 76.1 Å². The molecule has 0 radical (unpaired) electrons. The van der Waals surface area contributed by atoms with Gasteiger partial charge in [-0.25, -0.2) is 13.4 Å². The van der Waals surface area contributed by atoms with Gasteiger partial charge in [-0.3, -0.25) is 4.79 Å². The fourth-order valence-electron chi connectivity index (χ4n) is 2.69. The first-order valence-electron chi connectivity index (χ1n) is 8.22. The molecule has 1 N–H and O–H groups in total. The summed E-state index contributed by atoms with van der Waals surface area (Å²) >= 11 is 1.45. The summed E-state index contributed by atoms with van der Waals surface area (Å²) in [6.07, 6.45) is 1.32. The van der Waals surface area contributed by atoms with Crippen LogP contribution < -0.4 is 5.32 Å². The highest BCUT2D eigenvalue weighted by Gasteiger charge is 2.13. The Kier molecular flexibility index (Phi) is 5.11. The molecule has 5 nitrogen and oxygen atoms in total. The molecule has 2 aromatic carbocycles. The summed E-state index contributed by atoms with van der Waals surface area (Å²) in [5, 5.41) is 3.42. The van der Waals surface area contributed by atoms with E-state index in [1.54, 1.807) is 12.1 Å². The standard InChI is InChI=1S/C19H20N2O3S2/c1-12(2)15-5-4-6-16-18(15)21-19(25-16)20-17(22)11-13-7-9-14(10-8-13)26(3,23)24/h4-10,12H,11H2,1-3H3,(H,20,21,22). The minimum absolute atomic E-state index is 0.164. The van der Waals surface area contributed by atoms with Crippen LogP contribution in [-0.4, -0.2) is 25.6 Å². The van der Waals surface area contributed by atoms with E-state index < -0.39 is 9.84 Å². The van der Waals surface area contributed by atoms with Crippen LogP contribution in [0, 0.1) is 0 Å². The van der Waals surface area contributed by atoms with E-state index in [0.29, 0.717) is 11.0 Å². The van der Waals surface area contributed by atoms with Gasteiger partial charge in [0.15, 0.2) is 15.0 Å². The number of fused-ring (bicyclic) bond motifs is 1. The Hall–Kier alpha value is -2.25. The first-order chi connectivity index (χ1) is 12.2. The summed E-state index contributed by atoms with van der Waals surface area (Å²) < 4.78 is 24.0. The number of hydrogen-bond donors (Lipinski definition) is 1. The van der Waals surface area contributed by atoms with Crippen LogP contribution in [0.25, 0.3) is 10.2 Å². The Morgan fingerprint density at radius 1 is 1.15 bits per heavy atom. The maximum atomic E-state index is 12.3. The molecule has 1 heterocycles. The summed E-state index contributed by atoms with van der Waals surface area (Å²) in [7, 11) is -3.23. The summed E-state index contributed by atoms with van der Waals surface area (Å²) in [6, 6.07) is 12.4. The zero-order valence-corrected chi connectivity index (χ0v) is 16.4. The second kappa shape index (κ2) is 7.17. The van der Waals surface area contributed by atoms with Crippen molar-refractivity contribution in [3.8, 4) is 0 Å². The van der Waals surface area contributed by atoms with Crippen molar-refractivity contribution in [1.82, 2.24) is 4.98 Å². The zero-order valence-electron chi connectivity index (χ0n) is 14.8. The van der Waals surface area contributed by atoms with E-state index >= 15 is 0 Å². The van der Waals surface area contributed by atoms with Gasteiger partial charge in [-0.05, 0) is 35.2 Å². The lowest BCUT2D eigenvalue weighted by molar-refractivity contribution is -0.115. The number of nitrogens with one attached hydrogen (secondary N) is 1. The van der Waals surface area contributed by atoms with Crippen LogP contribution in [-0.2, 0) is 21.1 Å². The summed E-state index contributed by atoms with van der Waals surface area (Å²) in [5.74, 6) is 0.181. The number of thiazole rings is 1. The van der Waals surface area contributed by atoms with Crippen molar-refractivity contribution in [2.45, 2.75) is 31.1 Å². The van der Waals surface area contributed by atoms with E-state index in [2.05, 4.69) is 30.2 Å². The van der Waals surface area contributed by atoms with Crippen molar-refractivity contribution in [3.63, 3.8) is 0 Å². The first kappa shape index (κ1) is 18.5. The number of carbonyl (C=O) groups excluding carboxylic acids is 1. The molecule has 0 aliphatic rings. The predicted octanol–water partition coefficient (Wildman–Crippen LogP) is 4.00. The summed E-state index contributed by atoms with van der Waals surface area (Å²) in [5.41, 5.74) is 2.84. The molecule has 7 heteroatoms. The minimum Gasteiger partial charge on any atom is -0.302 e. The van der Waals surface area contributed by atoms with E-state index in [9.17, 15) is 13.2 Å². The van der Waals surface area contributed by atoms with Crippen molar-refractivity contribution >= 4 is 42.4 Å². The number of sulfone groups is 1. The summed E-state index contributed by atoms with van der Waals surface area (Å²) in [4.78, 5) is 17.1. The van der Waals surface area contributed by atoms with Gasteiger partial charge in [0, 0.05) is 6.26 Å². The number of rotatable bonds is 5. The quantitative estimate of drug-likeness (QED) is 0.717. The molecular formula is C19H20N2O3S2. The van der Waals surface area contributed by atoms with Gasteiger partial charge < -0.3 is 5.32 Å². The lowest BCUT2D eigenvalue weighted by Crippen LogP contribution is -2.14. The van der Waals surface area contributed by atoms with E-state index in [1.165, 1.54) is 23.5 Å². The molecule has 0 unspecified atom stereocenters. The largest absolute Gasteiger partial charge is 0.302 e. The van der Waals surface area contributed by atoms with Gasteiger partial charge in [0.25, 0.3) is 0 Å². The van der Waals surface area contributed by atoms with Crippen molar-refractivity contribution < 1.29 is 13.2 Å². The second-order valence-electron chi connectivity index (χ2n) is 6.51. The van der Waals surface area contributed by atoms with Gasteiger partial charge in [-0.2, -0.15) is 0 Å². The fraction of sp³-hybridized carbons (Fsp3) is 0.263. The molecule has 26 heavy (non-hydrogen) atoms. The van der Waals surface area contributed by atoms with Crippen LogP contribution in [0.1, 0.15) is 30.9 Å². The molecule has 0 aliphatic heterocycles. The normalized spacial score (nSPS) is 11.8. The van der Waals surface area contributed by atoms with Crippen molar-refractivity contribution in [2.75, 3.05) is 11.6 Å². The molecule has 0 aliphatic carbocycles. The monoisotopic (exact) mass is 388 g/mol. The number of anilines is 1. The van der Waals surface area contributed by atoms with Gasteiger partial charge >= 0.3 is 0 Å². The first-order valence-corrected chi connectivity index (χ1v) is 10.9. The highest BCUT2D eigenvalue weighted by molar-refractivity contribution is 7.90. The molecule has 0 spiro atoms. The predicted molar refractivity (Wildman–Crippen MR) is 106 cm³/mol. The minimum atomic E-state index is -3.23. The average molecular weight is 389 g/mol. The van der Waals surface area contributed by atoms with E-state index in [0.717, 1.165) is 27.6 Å². The maximum absolute atomic E-state index is 12.3. The van der Waals surface area contributed by atoms with E-state index in [1.807, 2.05) is 12.1 Å². The molecular weight excluding hydrogens is 368 g/mol. The Labute approximate surface area is 157 Å². The third-order valence-corrected chi connectivity index (χ3v) is 6.10. The Morgan fingerprint density at radius 2 is 1.85 bits per heavy atom. The summed E-state index contributed by atoms with van der Waals surface area (Å²) in [6.45, 7) is 4.24. The number of benzene rings is 2. The second-order valence-corrected chi connectivity index (χ2v) is 9.56. The van der Waals surface area contributed by atoms with Crippen LogP contribution in [0.5, 0.6) is 0 Å². The lowest BCUT2D eigenvalue weighted by Gasteiger charge is -2.05. The van der Waals surface area contributed by atoms with Crippen LogP contribution in [0.15, 0.2) is 47.4 Å². The molecule has 0 saturated carbocycles. The van der Waals surface area contributed by atoms with E-state index in [4.69, 9.17) is 0 Å². The average Bonchev–Trinajstić information content (AvgIpc) is 2.96. The smallest absolute Gasteiger partial charge is 0.230 e. The third kappa shape index (κ3) is 4.11. The van der Waals surface area contributed by atoms with Crippen LogP contribution >= 0.6 is 11.3 Å². The lowest BCUT2D eigenvalue weighted by atomic mass is 10.0. The molecule has 0 bridgehead atoms. The van der Waals surface area contributed by atoms with Crippen molar-refractivity contribution in [2.24, 2.45) is 0 Å². The van der Waals surface area contributed by atoms with Gasteiger partial charge in [-0.1, -0.05) is 49.4 Å². The van der Waals surface area contributed by atoms with Crippen LogP contribution in [0.2, 0.25) is 0 Å². The molecule has 0 atom stereocenters. The van der Waals surface area contributed by atoms with Gasteiger partial charge in [0.05, 0.1) is 21.5 Å². The fourth-order valence-corrected chi connectivity index (χ4v) is 4.24. The van der Waals surface area contributed by atoms with Gasteiger partial charge in [-0.15, -0.1) is 0 Å². The molecule has 3 rings (SSSR count). The molecule has 136 valence electrons. The highest BCUT2D eigenvalue weighted by atomic mass is 32.2. The number of nitrogens with zero attached hydrogens (tertiary/aromatic N) is 1. The molecule has 0 saturated heterocycles. The number of hydrogen-bond acceptors (Lipinski definition) is 5. The van der Waals surface area contributed by atoms with Crippen molar-refractivity contribution in [3.05, 3.63) is 53.6 Å². The van der Waals surface area contributed by atoms with Gasteiger partial charge in [0.1, 0.15) is 0 Å². The zero-order chi connectivity index (χ0) is 18.9. The van der Waals surface area contributed by atoms with Crippen molar-refractivity contribution in [1.29, 1.82) is 0 Å². The number of carbonyl (C=O) groups is 1. The molecule has 1 aromatic heterocycles. The Bertz CT molecular complexity index is 1050. The molecule has 1 amide bonds. The number of para-hydroxylation sites is 1. The van der Waals surface area contributed by atoms with E-state index in [-0.39, 0.29) is 17.2 Å². The molecule has 0 fully saturated rings. The van der Waals surface area contributed by atoms with Crippen LogP contribution in [0.3, 0.4) is 0 Å². The maximum Gasteiger partial charge on any atom is 0.230 e. The van der Waals surface area contributed by atoms with Gasteiger partial charge in [0.2, 0.25) is 5.91 Å². The highest BCUT2D eigenvalue weighted by Crippen LogP contribution is 2.31. The SMILES string of the molecule is CC(C)c1cccc2sc(NC(=O)Cc3ccc(S(C)(=O)=O)cc3)nc12. The third-order valence-electron chi connectivity index (χ3n) is 4.03. The molecule has 3 aromatic rings. The Balaban J connectivity index is 1.74. The number of aromatic nitrogens is 1. The number of amides is 1.